The van der Waals surface area contributed by atoms with Crippen LogP contribution in [-0.2, 0) is 48.0 Å². The number of amides is 3. The SMILES string of the molecule is C#CCN1C(=O)COc2cc(F)c(N=c3snc4n3CC(C)(C)C4)cc21.C[S+](C)C.O=C(Nc1nc(OC(F)F)cc(OC(F)F)n1)NS(=O)(=O)c1ccccc1C(=O)O.O=C(O)CNCP(=O)([O-])O. The Balaban J connectivity index is 0.000000293. The lowest BCUT2D eigenvalue weighted by Crippen LogP contribution is -2.39. The Kier molecular flexibility index (Phi) is 21.0. The van der Waals surface area contributed by atoms with Crippen LogP contribution in [0.25, 0.3) is 0 Å². The fourth-order valence-electron chi connectivity index (χ4n) is 5.49. The van der Waals surface area contributed by atoms with Gasteiger partial charge in [-0.2, -0.15) is 31.9 Å². The molecular formula is C38H43F5N9O14PS3. The van der Waals surface area contributed by atoms with Crippen LogP contribution in [0.3, 0.4) is 0 Å². The normalized spacial score (nSPS) is 14.5. The molecule has 0 radical (unpaired) electrons. The average molecular weight is 1070 g/mol. The van der Waals surface area contributed by atoms with Crippen LogP contribution in [-0.4, -0.2) is 124 Å². The van der Waals surface area contributed by atoms with Crippen molar-refractivity contribution >= 4 is 81.2 Å². The third kappa shape index (κ3) is 18.8. The number of anilines is 2. The third-order valence-corrected chi connectivity index (χ3v) is 10.8. The molecule has 6 rings (SSSR count). The van der Waals surface area contributed by atoms with Gasteiger partial charge in [0.05, 0.1) is 55.5 Å². The summed E-state index contributed by atoms with van der Waals surface area (Å²) in [6, 6.07) is 5.98. The Morgan fingerprint density at radius 3 is 2.23 bits per heavy atom. The molecular weight excluding hydrogens is 1030 g/mol. The average Bonchev–Trinajstić information content (AvgIpc) is 3.72. The summed E-state index contributed by atoms with van der Waals surface area (Å²) in [6.07, 6.45) is 12.1. The number of urea groups is 1. The molecule has 0 fully saturated rings. The van der Waals surface area contributed by atoms with E-state index in [1.807, 2.05) is 9.88 Å². The highest BCUT2D eigenvalue weighted by Crippen LogP contribution is 2.38. The van der Waals surface area contributed by atoms with E-state index in [1.54, 1.807) is 5.32 Å². The quantitative estimate of drug-likeness (QED) is 0.0458. The van der Waals surface area contributed by atoms with Crippen molar-refractivity contribution in [3.8, 4) is 29.9 Å². The van der Waals surface area contributed by atoms with Crippen LogP contribution in [0.4, 0.5) is 44.1 Å². The molecule has 382 valence electrons. The van der Waals surface area contributed by atoms with E-state index < -0.39 is 95.6 Å². The van der Waals surface area contributed by atoms with Gasteiger partial charge in [-0.15, -0.1) is 6.42 Å². The number of aromatic nitrogens is 4. The molecule has 0 aliphatic carbocycles. The largest absolute Gasteiger partial charge is 0.778 e. The minimum absolute atomic E-state index is 0.0964. The van der Waals surface area contributed by atoms with E-state index >= 15 is 0 Å². The van der Waals surface area contributed by atoms with E-state index in [0.29, 0.717) is 33.2 Å². The minimum atomic E-state index is -4.71. The van der Waals surface area contributed by atoms with E-state index in [2.05, 4.69) is 67.3 Å². The molecule has 2 aromatic heterocycles. The zero-order chi connectivity index (χ0) is 52.7. The first-order valence-corrected chi connectivity index (χ1v) is 25.7. The van der Waals surface area contributed by atoms with Crippen LogP contribution in [0.2, 0.25) is 0 Å². The van der Waals surface area contributed by atoms with Gasteiger partial charge in [-0.25, -0.2) is 32.1 Å². The van der Waals surface area contributed by atoms with E-state index in [-0.39, 0.29) is 30.2 Å². The number of carbonyl (C=O) groups excluding carboxylic acids is 2. The number of aromatic carboxylic acids is 1. The minimum Gasteiger partial charge on any atom is -0.778 e. The molecule has 4 aromatic rings. The van der Waals surface area contributed by atoms with Gasteiger partial charge in [-0.3, -0.25) is 25.1 Å². The van der Waals surface area contributed by atoms with Crippen molar-refractivity contribution in [2.45, 2.75) is 44.9 Å². The number of carboxylic acid groups (broad SMARTS) is 2. The standard InChI is InChI=1S/C18H17FN4O2S.C14H10F4N4O7S.C3H8NO5P.C3H9S/c1-4-5-22-13-7-12(11(19)6-14(13)25-9-16(22)24)20-17-23-10-18(2,3)8-15(23)21-26-17;15-11(16)28-8-5-9(29-12(17)18)20-13(19-8)21-14(25)22-30(26,27)7-4-2-1-3-6(7)10(23)24;5-3(6)1-4-2-10(7,8)9;1-4(2)3/h1,6-7H,5,8-10H2,2-3H3;1-5,11-12H,(H,23,24)(H2,19,20,21,22,25);4H,1-2H2,(H,5,6)(H2,7,8,9);1-3H3/q;;;+1/p-1. The van der Waals surface area contributed by atoms with Gasteiger partial charge in [0.1, 0.15) is 29.8 Å². The molecule has 1 unspecified atom stereocenters. The fraction of sp³-hybridized carbons (Fsp3) is 0.368. The third-order valence-electron chi connectivity index (χ3n) is 7.98. The fourth-order valence-corrected chi connectivity index (χ4v) is 7.75. The number of benzene rings is 2. The molecule has 1 atom stereocenters. The maximum absolute atomic E-state index is 14.5. The summed E-state index contributed by atoms with van der Waals surface area (Å²) in [5.74, 6) is -2.71. The number of carboxylic acids is 2. The van der Waals surface area contributed by atoms with Crippen molar-refractivity contribution in [1.82, 2.24) is 28.9 Å². The van der Waals surface area contributed by atoms with Crippen LogP contribution in [0.1, 0.15) is 30.0 Å². The van der Waals surface area contributed by atoms with Gasteiger partial charge < -0.3 is 43.3 Å². The number of hydrogen-bond acceptors (Lipinski definition) is 17. The number of ether oxygens (including phenoxy) is 3. The van der Waals surface area contributed by atoms with Gasteiger partial charge in [0.25, 0.3) is 15.9 Å². The number of sulfonamides is 1. The second-order valence-electron chi connectivity index (χ2n) is 15.0. The monoisotopic (exact) mass is 1070 g/mol. The van der Waals surface area contributed by atoms with Crippen molar-refractivity contribution in [1.29, 1.82) is 0 Å². The van der Waals surface area contributed by atoms with Gasteiger partial charge in [-0.1, -0.05) is 31.9 Å². The summed E-state index contributed by atoms with van der Waals surface area (Å²) in [7, 11) is -8.42. The zero-order valence-corrected chi connectivity index (χ0v) is 40.4. The number of nitrogens with one attached hydrogen (secondary N) is 3. The summed E-state index contributed by atoms with van der Waals surface area (Å²) in [4.78, 5) is 75.2. The molecule has 70 heavy (non-hydrogen) atoms. The molecule has 23 nitrogen and oxygen atoms in total. The molecule has 4 heterocycles. The molecule has 0 saturated carbocycles. The van der Waals surface area contributed by atoms with Gasteiger partial charge in [0.2, 0.25) is 22.5 Å². The van der Waals surface area contributed by atoms with Crippen molar-refractivity contribution in [2.24, 2.45) is 10.4 Å². The molecule has 32 heteroatoms. The number of terminal acetylenes is 1. The Morgan fingerprint density at radius 1 is 1.09 bits per heavy atom. The van der Waals surface area contributed by atoms with Gasteiger partial charge >= 0.3 is 31.2 Å². The first kappa shape index (κ1) is 57.9. The summed E-state index contributed by atoms with van der Waals surface area (Å²) in [5.41, 5.74) is 0.0336. The second-order valence-corrected chi connectivity index (χ2v) is 21.4. The molecule has 0 bridgehead atoms. The lowest BCUT2D eigenvalue weighted by Gasteiger charge is -2.28. The maximum atomic E-state index is 14.5. The number of nitrogens with zero attached hydrogens (tertiary/aromatic N) is 6. The maximum Gasteiger partial charge on any atom is 0.388 e. The molecule has 0 spiro atoms. The summed E-state index contributed by atoms with van der Waals surface area (Å²) >= 11 is 1.24. The van der Waals surface area contributed by atoms with E-state index in [4.69, 9.17) is 26.3 Å². The highest BCUT2D eigenvalue weighted by molar-refractivity contribution is 7.94. The van der Waals surface area contributed by atoms with Crippen LogP contribution < -0.4 is 44.2 Å². The van der Waals surface area contributed by atoms with Crippen LogP contribution in [0.15, 0.2) is 52.4 Å². The smallest absolute Gasteiger partial charge is 0.388 e. The lowest BCUT2D eigenvalue weighted by atomic mass is 9.92. The Labute approximate surface area is 401 Å². The predicted octanol–water partition coefficient (Wildman–Crippen LogP) is 2.80. The Bertz CT molecular complexity index is 2780. The molecule has 2 aromatic carbocycles. The number of hydrogen-bond donors (Lipinski definition) is 6. The van der Waals surface area contributed by atoms with Crippen molar-refractivity contribution < 1.29 is 88.3 Å². The number of aliphatic carboxylic acids is 1. The van der Waals surface area contributed by atoms with Gasteiger partial charge in [0, 0.05) is 30.6 Å². The highest BCUT2D eigenvalue weighted by atomic mass is 32.2. The molecule has 0 saturated heterocycles. The Morgan fingerprint density at radius 2 is 1.69 bits per heavy atom. The van der Waals surface area contributed by atoms with Crippen molar-refractivity contribution in [2.75, 3.05) is 55.0 Å². The summed E-state index contributed by atoms with van der Waals surface area (Å²) in [5, 5.41) is 20.7. The van der Waals surface area contributed by atoms with E-state index in [1.165, 1.54) is 45.4 Å². The van der Waals surface area contributed by atoms with Gasteiger partial charge in [0.15, 0.2) is 12.4 Å². The molecule has 2 aliphatic rings. The number of fused-ring (bicyclic) bond motifs is 2. The summed E-state index contributed by atoms with van der Waals surface area (Å²) < 4.78 is 119. The van der Waals surface area contributed by atoms with Crippen LogP contribution in [0.5, 0.6) is 17.5 Å². The van der Waals surface area contributed by atoms with Crippen LogP contribution in [0, 0.1) is 23.6 Å². The van der Waals surface area contributed by atoms with Crippen LogP contribution >= 0.6 is 19.1 Å². The Hall–Kier alpha value is -6.42. The van der Waals surface area contributed by atoms with Crippen molar-refractivity contribution in [3.63, 3.8) is 0 Å². The first-order valence-electron chi connectivity index (χ1n) is 19.2. The van der Waals surface area contributed by atoms with Crippen molar-refractivity contribution in [3.05, 3.63) is 64.5 Å². The topological polar surface area (TPSA) is 326 Å². The predicted molar refractivity (Wildman–Crippen MR) is 239 cm³/mol. The highest BCUT2D eigenvalue weighted by Gasteiger charge is 2.32. The zero-order valence-electron chi connectivity index (χ0n) is 37.1. The number of carbonyl (C=O) groups is 4. The molecule has 2 aliphatic heterocycles. The number of rotatable bonds is 14. The summed E-state index contributed by atoms with van der Waals surface area (Å²) in [6.45, 7) is -2.24. The second kappa shape index (κ2) is 25.4. The van der Waals surface area contributed by atoms with E-state index in [9.17, 15) is 59.0 Å². The van der Waals surface area contributed by atoms with E-state index in [0.717, 1.165) is 30.9 Å². The molecule has 3 amide bonds. The number of halogens is 5. The first-order chi connectivity index (χ1) is 32.5. The lowest BCUT2D eigenvalue weighted by molar-refractivity contribution is -0.193. The van der Waals surface area contributed by atoms with Gasteiger partial charge in [-0.05, 0) is 34.5 Å². The number of alkyl halides is 4. The molecule has 6 N–H and O–H groups in total.